The molecule has 2 aliphatic heterocycles. The van der Waals surface area contributed by atoms with E-state index in [4.69, 9.17) is 9.47 Å². The number of rotatable bonds is 6. The molecular weight excluding hydrogens is 476 g/mol. The van der Waals surface area contributed by atoms with Gasteiger partial charge in [-0.3, -0.25) is 24.1 Å². The van der Waals surface area contributed by atoms with Crippen LogP contribution in [0.2, 0.25) is 0 Å². The van der Waals surface area contributed by atoms with Crippen LogP contribution >= 0.6 is 0 Å². The Hall–Kier alpha value is -3.88. The summed E-state index contributed by atoms with van der Waals surface area (Å²) in [4.78, 5) is 55.2. The highest BCUT2D eigenvalue weighted by molar-refractivity contribution is 6.21. The molecule has 37 heavy (non-hydrogen) atoms. The molecule has 194 valence electrons. The van der Waals surface area contributed by atoms with Crippen molar-refractivity contribution in [2.75, 3.05) is 27.3 Å². The van der Waals surface area contributed by atoms with Crippen molar-refractivity contribution in [1.29, 1.82) is 0 Å². The monoisotopic (exact) mass is 506 g/mol. The van der Waals surface area contributed by atoms with Gasteiger partial charge < -0.3 is 19.5 Å². The molecule has 1 fully saturated rings. The van der Waals surface area contributed by atoms with Crippen molar-refractivity contribution in [2.24, 2.45) is 11.8 Å². The number of hydrogen-bond acceptors (Lipinski definition) is 6. The number of carboxylic acid groups (broad SMARTS) is 1. The summed E-state index contributed by atoms with van der Waals surface area (Å²) in [6.45, 7) is 0.309. The zero-order valence-corrected chi connectivity index (χ0v) is 20.9. The lowest BCUT2D eigenvalue weighted by Crippen LogP contribution is -2.50. The van der Waals surface area contributed by atoms with E-state index < -0.39 is 35.7 Å². The Balaban J connectivity index is 1.55. The molecule has 0 radical (unpaired) electrons. The summed E-state index contributed by atoms with van der Waals surface area (Å²) in [5.41, 5.74) is 2.37. The molecule has 9 nitrogen and oxygen atoms in total. The molecule has 1 saturated carbocycles. The smallest absolute Gasteiger partial charge is 0.307 e. The van der Waals surface area contributed by atoms with E-state index in [-0.39, 0.29) is 12.5 Å². The highest BCUT2D eigenvalue weighted by Gasteiger charge is 2.44. The summed E-state index contributed by atoms with van der Waals surface area (Å²) in [6, 6.07) is 9.70. The second kappa shape index (κ2) is 9.88. The molecule has 2 aromatic rings. The van der Waals surface area contributed by atoms with Crippen molar-refractivity contribution >= 4 is 23.7 Å². The molecule has 2 aromatic carbocycles. The molecule has 1 N–H and O–H groups in total. The third kappa shape index (κ3) is 4.22. The van der Waals surface area contributed by atoms with Crippen LogP contribution in [-0.2, 0) is 16.0 Å². The quantitative estimate of drug-likeness (QED) is 0.598. The second-order valence-corrected chi connectivity index (χ2v) is 9.81. The summed E-state index contributed by atoms with van der Waals surface area (Å²) in [6.07, 6.45) is 3.07. The number of nitrogens with zero attached hydrogens (tertiary/aromatic N) is 2. The Morgan fingerprint density at radius 3 is 2.14 bits per heavy atom. The van der Waals surface area contributed by atoms with E-state index in [0.29, 0.717) is 48.4 Å². The summed E-state index contributed by atoms with van der Waals surface area (Å²) in [5, 5.41) is 9.81. The van der Waals surface area contributed by atoms with Crippen molar-refractivity contribution in [3.63, 3.8) is 0 Å². The van der Waals surface area contributed by atoms with Gasteiger partial charge in [-0.05, 0) is 54.7 Å². The van der Waals surface area contributed by atoms with Crippen molar-refractivity contribution in [2.45, 2.75) is 38.1 Å². The molecule has 0 spiro atoms. The van der Waals surface area contributed by atoms with E-state index >= 15 is 0 Å². The molecule has 3 aliphatic rings. The lowest BCUT2D eigenvalue weighted by molar-refractivity contribution is -0.153. The predicted octanol–water partition coefficient (Wildman–Crippen LogP) is 3.32. The first-order valence-electron chi connectivity index (χ1n) is 12.6. The maximum Gasteiger partial charge on any atom is 0.307 e. The minimum absolute atomic E-state index is 0.0367. The van der Waals surface area contributed by atoms with Gasteiger partial charge in [-0.2, -0.15) is 0 Å². The molecule has 0 aromatic heterocycles. The third-order valence-electron chi connectivity index (χ3n) is 7.92. The standard InChI is InChI=1S/C28H30N2O7/c1-36-23-13-16-11-12-29(25(31)19-9-5-6-10-20(19)28(34)35)22(21(16)14-24(23)37-2)15-30-26(32)17-7-3-4-8-18(17)27(30)33/h3-4,7-8,13-14,19-20,22H,5-6,9-12,15H2,1-2H3,(H,34,35)/t19?,20-,22-/m1/s1. The Kier molecular flexibility index (Phi) is 6.62. The summed E-state index contributed by atoms with van der Waals surface area (Å²) >= 11 is 0. The molecule has 0 bridgehead atoms. The van der Waals surface area contributed by atoms with Gasteiger partial charge in [-0.1, -0.05) is 25.0 Å². The largest absolute Gasteiger partial charge is 0.493 e. The molecular formula is C28H30N2O7. The highest BCUT2D eigenvalue weighted by Crippen LogP contribution is 2.41. The number of carbonyl (C=O) groups is 4. The predicted molar refractivity (Wildman–Crippen MR) is 133 cm³/mol. The van der Waals surface area contributed by atoms with E-state index in [2.05, 4.69) is 0 Å². The number of aliphatic carboxylic acids is 1. The lowest BCUT2D eigenvalue weighted by Gasteiger charge is -2.42. The zero-order chi connectivity index (χ0) is 26.3. The number of hydrogen-bond donors (Lipinski definition) is 1. The molecule has 3 atom stereocenters. The van der Waals surface area contributed by atoms with Crippen LogP contribution in [0.4, 0.5) is 0 Å². The SMILES string of the molecule is COc1cc2c(cc1OC)[C@@H](CN1C(=O)c3ccccc3C1=O)N(C(=O)C1CCCC[C@H]1C(=O)O)CC2. The van der Waals surface area contributed by atoms with Gasteiger partial charge in [0.2, 0.25) is 5.91 Å². The number of carboxylic acids is 1. The maximum absolute atomic E-state index is 13.9. The van der Waals surface area contributed by atoms with Crippen LogP contribution in [-0.4, -0.2) is 65.9 Å². The third-order valence-corrected chi connectivity index (χ3v) is 7.92. The van der Waals surface area contributed by atoms with Crippen molar-refractivity contribution in [3.8, 4) is 11.5 Å². The van der Waals surface area contributed by atoms with E-state index in [1.165, 1.54) is 12.0 Å². The van der Waals surface area contributed by atoms with Crippen LogP contribution in [0.5, 0.6) is 11.5 Å². The normalized spacial score (nSPS) is 22.9. The Morgan fingerprint density at radius 1 is 0.946 bits per heavy atom. The van der Waals surface area contributed by atoms with Gasteiger partial charge in [0.05, 0.1) is 49.8 Å². The molecule has 3 amide bonds. The van der Waals surface area contributed by atoms with E-state index in [9.17, 15) is 24.3 Å². The molecule has 2 heterocycles. The minimum Gasteiger partial charge on any atom is -0.493 e. The van der Waals surface area contributed by atoms with Crippen LogP contribution in [0.25, 0.3) is 0 Å². The van der Waals surface area contributed by atoms with Gasteiger partial charge in [0.1, 0.15) is 0 Å². The fourth-order valence-electron chi connectivity index (χ4n) is 6.00. The summed E-state index contributed by atoms with van der Waals surface area (Å²) in [5.74, 6) is -2.36. The van der Waals surface area contributed by atoms with Crippen LogP contribution in [0.1, 0.15) is 63.6 Å². The number of fused-ring (bicyclic) bond motifs is 2. The van der Waals surface area contributed by atoms with E-state index in [1.54, 1.807) is 42.3 Å². The van der Waals surface area contributed by atoms with Gasteiger partial charge in [-0.25, -0.2) is 0 Å². The Labute approximate surface area is 214 Å². The van der Waals surface area contributed by atoms with Gasteiger partial charge in [0.25, 0.3) is 11.8 Å². The molecule has 9 heteroatoms. The van der Waals surface area contributed by atoms with Crippen LogP contribution in [0.15, 0.2) is 36.4 Å². The van der Waals surface area contributed by atoms with Crippen LogP contribution < -0.4 is 9.47 Å². The topological polar surface area (TPSA) is 113 Å². The highest BCUT2D eigenvalue weighted by atomic mass is 16.5. The first-order chi connectivity index (χ1) is 17.8. The van der Waals surface area contributed by atoms with Crippen molar-refractivity contribution in [3.05, 3.63) is 58.7 Å². The van der Waals surface area contributed by atoms with Crippen molar-refractivity contribution < 1.29 is 33.8 Å². The minimum atomic E-state index is -0.959. The van der Waals surface area contributed by atoms with Crippen LogP contribution in [0, 0.1) is 11.8 Å². The maximum atomic E-state index is 13.9. The van der Waals surface area contributed by atoms with Gasteiger partial charge in [0, 0.05) is 6.54 Å². The molecule has 1 unspecified atom stereocenters. The Morgan fingerprint density at radius 2 is 1.54 bits per heavy atom. The van der Waals surface area contributed by atoms with Gasteiger partial charge in [-0.15, -0.1) is 0 Å². The van der Waals surface area contributed by atoms with E-state index in [1.807, 2.05) is 6.07 Å². The zero-order valence-electron chi connectivity index (χ0n) is 20.9. The second-order valence-electron chi connectivity index (χ2n) is 9.81. The lowest BCUT2D eigenvalue weighted by atomic mass is 9.77. The average Bonchev–Trinajstić information content (AvgIpc) is 3.16. The molecule has 1 aliphatic carbocycles. The number of amides is 3. The fraction of sp³-hybridized carbons (Fsp3) is 0.429. The summed E-state index contributed by atoms with van der Waals surface area (Å²) in [7, 11) is 3.07. The number of ether oxygens (including phenoxy) is 2. The van der Waals surface area contributed by atoms with E-state index in [0.717, 1.165) is 24.0 Å². The average molecular weight is 507 g/mol. The number of benzene rings is 2. The van der Waals surface area contributed by atoms with Gasteiger partial charge in [0.15, 0.2) is 11.5 Å². The first-order valence-corrected chi connectivity index (χ1v) is 12.6. The Bertz CT molecular complexity index is 1240. The van der Waals surface area contributed by atoms with Gasteiger partial charge >= 0.3 is 5.97 Å². The number of methoxy groups -OCH3 is 2. The molecule has 0 saturated heterocycles. The van der Waals surface area contributed by atoms with Crippen LogP contribution in [0.3, 0.4) is 0 Å². The number of carbonyl (C=O) groups excluding carboxylic acids is 3. The van der Waals surface area contributed by atoms with Crippen molar-refractivity contribution in [1.82, 2.24) is 9.80 Å². The summed E-state index contributed by atoms with van der Waals surface area (Å²) < 4.78 is 11.0. The first kappa shape index (κ1) is 24.8. The number of imide groups is 1. The fourth-order valence-corrected chi connectivity index (χ4v) is 6.00. The molecule has 5 rings (SSSR count).